The van der Waals surface area contributed by atoms with Crippen LogP contribution in [-0.4, -0.2) is 266 Å². The molecule has 5 heterocycles. The molecule has 0 aliphatic carbocycles. The van der Waals surface area contributed by atoms with Gasteiger partial charge in [0.1, 0.15) is 130 Å². The van der Waals surface area contributed by atoms with E-state index in [1.807, 2.05) is 60.7 Å². The number of rotatable bonds is 40. The summed E-state index contributed by atoms with van der Waals surface area (Å²) in [4.78, 5) is 73.1. The molecule has 33 nitrogen and oxygen atoms in total. The van der Waals surface area contributed by atoms with Crippen LogP contribution >= 0.6 is 0 Å². The molecule has 5 aliphatic rings. The van der Waals surface area contributed by atoms with Crippen molar-refractivity contribution in [2.24, 2.45) is 5.11 Å². The van der Waals surface area contributed by atoms with E-state index in [0.717, 1.165) is 25.0 Å². The van der Waals surface area contributed by atoms with Crippen LogP contribution in [0, 0.1) is 0 Å². The van der Waals surface area contributed by atoms with Crippen LogP contribution in [0.3, 0.4) is 0 Å². The Morgan fingerprint density at radius 2 is 0.667 bits per heavy atom. The zero-order chi connectivity index (χ0) is 81.0. The molecule has 0 aromatic heterocycles. The largest absolute Gasteiger partial charge is 0.463 e. The van der Waals surface area contributed by atoms with Crippen molar-refractivity contribution < 1.29 is 142 Å². The lowest BCUT2D eigenvalue weighted by molar-refractivity contribution is -0.393. The summed E-state index contributed by atoms with van der Waals surface area (Å²) in [6, 6.07) is 45.5. The van der Waals surface area contributed by atoms with E-state index in [0.29, 0.717) is 16.7 Å². The fourth-order valence-corrected chi connectivity index (χ4v) is 14.5. The van der Waals surface area contributed by atoms with Crippen molar-refractivity contribution in [1.29, 1.82) is 0 Å². The highest BCUT2D eigenvalue weighted by Crippen LogP contribution is 2.42. The Morgan fingerprint density at radius 3 is 1.06 bits per heavy atom. The quantitative estimate of drug-likeness (QED) is 0.0126. The molecule has 0 bridgehead atoms. The van der Waals surface area contributed by atoms with E-state index < -0.39 is 190 Å². The summed E-state index contributed by atoms with van der Waals surface area (Å²) < 4.78 is 162. The Kier molecular flexibility index (Phi) is 34.8. The van der Waals surface area contributed by atoms with Gasteiger partial charge >= 0.3 is 29.8 Å². The summed E-state index contributed by atoms with van der Waals surface area (Å²) in [6.45, 7) is 1.95. The standard InChI is InChI=1S/C81H103N3O30/c1-47(85)99-45-57-60(91-5)63(92-6)72(95-9)78(107-57)111-68-64(93-7)74(97-11)80(114-70(68)76(88)103-42-53-33-23-15-24-34-53)110-62-58(46-100-48(2)86)108-81(75(67(62)105-49(3)87)102-41-52-31-21-14-22-32-52)112-69-65(94-8)73(96-10)79(113-71(69)77(89)104-43-54-35-25-16-26-36-54)109-61-56(44-98-39-50-27-17-12-18-28-50)106-55(37-38-83-84-82)59(90-4)66(61)101-40-51-29-19-13-20-30-51/h12-36,55-75,78-81H,37-46H2,1-11H3/t55-,56-,57-,58-,59+,60-,61-,62-,63+,64+,65+,66-,67+,68+,69+,70+,71-,72-,73-,74-,75-,78-,79-,80-,81-/m1/s1. The highest BCUT2D eigenvalue weighted by atomic mass is 16.8. The molecule has 5 aliphatic heterocycles. The Morgan fingerprint density at radius 1 is 0.333 bits per heavy atom. The second-order valence-electron chi connectivity index (χ2n) is 27.3. The number of azide groups is 1. The third-order valence-corrected chi connectivity index (χ3v) is 19.9. The number of ether oxygens (including phenoxy) is 25. The summed E-state index contributed by atoms with van der Waals surface area (Å²) in [5, 5.41) is 3.82. The van der Waals surface area contributed by atoms with Gasteiger partial charge in [-0.15, -0.1) is 0 Å². The molecule has 0 spiro atoms. The molecule has 33 heteroatoms. The molecule has 114 heavy (non-hydrogen) atoms. The first-order chi connectivity index (χ1) is 55.5. The number of methoxy groups -OCH3 is 8. The fraction of sp³-hybridized carbons (Fsp3) is 0.568. The minimum atomic E-state index is -1.85. The molecule has 622 valence electrons. The van der Waals surface area contributed by atoms with Crippen molar-refractivity contribution in [2.75, 3.05) is 83.2 Å². The summed E-state index contributed by atoms with van der Waals surface area (Å²) in [5.74, 6) is -4.28. The van der Waals surface area contributed by atoms with Gasteiger partial charge in [0.05, 0.1) is 32.5 Å². The van der Waals surface area contributed by atoms with Gasteiger partial charge in [0, 0.05) is 89.1 Å². The third kappa shape index (κ3) is 23.4. The van der Waals surface area contributed by atoms with Gasteiger partial charge in [-0.25, -0.2) is 9.59 Å². The smallest absolute Gasteiger partial charge is 0.338 e. The van der Waals surface area contributed by atoms with Crippen LogP contribution in [0.4, 0.5) is 0 Å². The number of carbonyl (C=O) groups is 5. The van der Waals surface area contributed by atoms with E-state index in [9.17, 15) is 19.9 Å². The van der Waals surface area contributed by atoms with Gasteiger partial charge in [-0.05, 0) is 39.8 Å². The van der Waals surface area contributed by atoms with Crippen molar-refractivity contribution in [1.82, 2.24) is 0 Å². The van der Waals surface area contributed by atoms with E-state index in [1.165, 1.54) is 63.8 Å². The highest BCUT2D eigenvalue weighted by Gasteiger charge is 2.62. The highest BCUT2D eigenvalue weighted by molar-refractivity contribution is 5.76. The second-order valence-corrected chi connectivity index (χ2v) is 27.3. The van der Waals surface area contributed by atoms with Crippen LogP contribution in [0.5, 0.6) is 0 Å². The average molecular weight is 1600 g/mol. The lowest BCUT2D eigenvalue weighted by Crippen LogP contribution is -2.70. The minimum absolute atomic E-state index is 0.0343. The molecule has 0 N–H and O–H groups in total. The van der Waals surface area contributed by atoms with Crippen molar-refractivity contribution in [3.8, 4) is 0 Å². The lowest BCUT2D eigenvalue weighted by atomic mass is 9.92. The monoisotopic (exact) mass is 1600 g/mol. The van der Waals surface area contributed by atoms with Crippen LogP contribution in [0.25, 0.3) is 10.4 Å². The topological polar surface area (TPSA) is 365 Å². The van der Waals surface area contributed by atoms with Gasteiger partial charge in [-0.3, -0.25) is 14.4 Å². The van der Waals surface area contributed by atoms with Crippen LogP contribution in [0.15, 0.2) is 157 Å². The Bertz CT molecular complexity index is 3770. The Balaban J connectivity index is 1.04. The number of nitrogens with zero attached hydrogens (tertiary/aromatic N) is 3. The van der Waals surface area contributed by atoms with Gasteiger partial charge in [0.15, 0.2) is 43.5 Å². The molecule has 25 atom stereocenters. The molecular formula is C81H103N3O30. The molecule has 5 fully saturated rings. The van der Waals surface area contributed by atoms with E-state index in [4.69, 9.17) is 118 Å². The van der Waals surface area contributed by atoms with Gasteiger partial charge < -0.3 is 118 Å². The Hall–Kier alpha value is -8.04. The van der Waals surface area contributed by atoms with Crippen molar-refractivity contribution >= 4 is 29.8 Å². The lowest BCUT2D eigenvalue weighted by Gasteiger charge is -2.52. The number of hydrogen-bond acceptors (Lipinski definition) is 31. The molecule has 5 aromatic rings. The van der Waals surface area contributed by atoms with Crippen LogP contribution < -0.4 is 0 Å². The van der Waals surface area contributed by atoms with Gasteiger partial charge in [-0.1, -0.05) is 157 Å². The maximum absolute atomic E-state index is 15.5. The molecule has 5 saturated heterocycles. The summed E-state index contributed by atoms with van der Waals surface area (Å²) in [7, 11) is 11.1. The maximum atomic E-state index is 15.5. The molecule has 0 amide bonds. The number of carbonyl (C=O) groups excluding carboxylic acids is 5. The third-order valence-electron chi connectivity index (χ3n) is 19.9. The van der Waals surface area contributed by atoms with Gasteiger partial charge in [0.2, 0.25) is 0 Å². The Labute approximate surface area is 661 Å². The summed E-state index contributed by atoms with van der Waals surface area (Å²) in [5.41, 5.74) is 12.9. The predicted molar refractivity (Wildman–Crippen MR) is 395 cm³/mol. The average Bonchev–Trinajstić information content (AvgIpc) is 0.755. The minimum Gasteiger partial charge on any atom is -0.463 e. The second kappa shape index (κ2) is 44.9. The molecule has 0 radical (unpaired) electrons. The number of esters is 5. The first-order valence-electron chi connectivity index (χ1n) is 37.4. The normalized spacial score (nSPS) is 31.6. The summed E-state index contributed by atoms with van der Waals surface area (Å²) in [6.07, 6.45) is -34.3. The van der Waals surface area contributed by atoms with Crippen LogP contribution in [0.2, 0.25) is 0 Å². The van der Waals surface area contributed by atoms with Crippen LogP contribution in [-0.2, 0) is 175 Å². The van der Waals surface area contributed by atoms with Gasteiger partial charge in [0.25, 0.3) is 0 Å². The van der Waals surface area contributed by atoms with Gasteiger partial charge in [-0.2, -0.15) is 0 Å². The van der Waals surface area contributed by atoms with Crippen LogP contribution in [0.1, 0.15) is 55.0 Å². The first-order valence-corrected chi connectivity index (χ1v) is 37.4. The zero-order valence-electron chi connectivity index (χ0n) is 65.5. The van der Waals surface area contributed by atoms with E-state index in [1.54, 1.807) is 91.0 Å². The SMILES string of the molecule is CO[C@@H]1[C@@H](OC)[C@H](O[C@H]2[C@H](OC(C)=O)[C@@H](OCc3ccccc3)[C@@H](O[C@H]3[C@H](OC)[C@@H](OC)[C@H](O[C@H]4[C@H](OCc5ccccc5)[C@@H](OC)[C@@H](CCN=[N+]=[N-])O[C@@H]4COCc4ccccc4)O[C@H]3C(=O)OCc3ccccc3)O[C@@H]2COC(C)=O)O[C@H](C(=O)OCc2ccccc2)[C@H]1O[C@H]1O[C@H](COC(C)=O)[C@@H](OC)[C@H](OC)[C@H]1OC. The first kappa shape index (κ1) is 88.3. The van der Waals surface area contributed by atoms with Crippen molar-refractivity contribution in [3.63, 3.8) is 0 Å². The van der Waals surface area contributed by atoms with E-state index in [2.05, 4.69) is 10.0 Å². The maximum Gasteiger partial charge on any atom is 0.338 e. The molecular weight excluding hydrogens is 1490 g/mol. The summed E-state index contributed by atoms with van der Waals surface area (Å²) >= 11 is 0. The molecule has 10 rings (SSSR count). The van der Waals surface area contributed by atoms with E-state index in [-0.39, 0.29) is 59.2 Å². The van der Waals surface area contributed by atoms with Crippen molar-refractivity contribution in [3.05, 3.63) is 190 Å². The van der Waals surface area contributed by atoms with Crippen molar-refractivity contribution in [2.45, 2.75) is 214 Å². The number of benzene rings is 5. The fourth-order valence-electron chi connectivity index (χ4n) is 14.5. The predicted octanol–water partition coefficient (Wildman–Crippen LogP) is 6.95. The van der Waals surface area contributed by atoms with E-state index >= 15 is 9.59 Å². The molecule has 5 aromatic carbocycles. The number of hydrogen-bond donors (Lipinski definition) is 0. The molecule has 0 unspecified atom stereocenters. The zero-order valence-corrected chi connectivity index (χ0v) is 65.5. The molecule has 0 saturated carbocycles.